The second-order valence-electron chi connectivity index (χ2n) is 7.32. The van der Waals surface area contributed by atoms with Gasteiger partial charge in [-0.2, -0.15) is 8.42 Å². The van der Waals surface area contributed by atoms with Crippen molar-refractivity contribution in [3.63, 3.8) is 0 Å². The molecule has 1 atom stereocenters. The van der Waals surface area contributed by atoms with Gasteiger partial charge in [0.1, 0.15) is 9.73 Å². The highest BCUT2D eigenvalue weighted by Gasteiger charge is 2.19. The van der Waals surface area contributed by atoms with Crippen LogP contribution in [0, 0.1) is 12.8 Å². The molecule has 1 aliphatic rings. The summed E-state index contributed by atoms with van der Waals surface area (Å²) in [5.74, 6) is 0.323. The highest BCUT2D eigenvalue weighted by atomic mass is 32.3. The van der Waals surface area contributed by atoms with Gasteiger partial charge >= 0.3 is 0 Å². The van der Waals surface area contributed by atoms with Gasteiger partial charge in [-0.25, -0.2) is 4.21 Å². The van der Waals surface area contributed by atoms with E-state index in [9.17, 15) is 12.6 Å². The summed E-state index contributed by atoms with van der Waals surface area (Å²) in [6, 6.07) is 15.1. The molecular formula is C22H27NO3S2. The Hall–Kier alpha value is -1.92. The summed E-state index contributed by atoms with van der Waals surface area (Å²) in [4.78, 5) is 0.472. The summed E-state index contributed by atoms with van der Waals surface area (Å²) in [7, 11) is -7.28. The minimum atomic E-state index is -4.04. The number of allylic oxidation sites excluding steroid dienone is 1. The van der Waals surface area contributed by atoms with Crippen molar-refractivity contribution in [3.8, 4) is 0 Å². The molecule has 0 bridgehead atoms. The van der Waals surface area contributed by atoms with Gasteiger partial charge in [-0.05, 0) is 49.9 Å². The van der Waals surface area contributed by atoms with Crippen LogP contribution in [-0.4, -0.2) is 12.6 Å². The van der Waals surface area contributed by atoms with Gasteiger partial charge < -0.3 is 0 Å². The summed E-state index contributed by atoms with van der Waals surface area (Å²) in [5.41, 5.74) is 0.955. The predicted molar refractivity (Wildman–Crippen MR) is 114 cm³/mol. The minimum Gasteiger partial charge on any atom is -0.239 e. The molecule has 1 unspecified atom stereocenters. The molecule has 0 amide bonds. The molecule has 0 spiro atoms. The fraction of sp³-hybridized carbons (Fsp3) is 0.364. The van der Waals surface area contributed by atoms with Gasteiger partial charge in [-0.1, -0.05) is 71.4 Å². The van der Waals surface area contributed by atoms with E-state index in [0.29, 0.717) is 10.8 Å². The predicted octanol–water partition coefficient (Wildman–Crippen LogP) is 5.69. The molecule has 0 aliphatic heterocycles. The van der Waals surface area contributed by atoms with Crippen molar-refractivity contribution in [2.75, 3.05) is 0 Å². The van der Waals surface area contributed by atoms with Gasteiger partial charge in [0.15, 0.2) is 0 Å². The molecule has 4 nitrogen and oxygen atoms in total. The van der Waals surface area contributed by atoms with E-state index in [0.717, 1.165) is 31.2 Å². The van der Waals surface area contributed by atoms with Gasteiger partial charge in [-0.15, -0.1) is 0 Å². The lowest BCUT2D eigenvalue weighted by atomic mass is 10.0. The molecule has 0 heterocycles. The van der Waals surface area contributed by atoms with Crippen LogP contribution in [0.2, 0.25) is 0 Å². The number of nitrogens with zero attached hydrogens (tertiary/aromatic N) is 1. The average molecular weight is 418 g/mol. The third-order valence-electron chi connectivity index (χ3n) is 5.04. The monoisotopic (exact) mass is 417 g/mol. The second kappa shape index (κ2) is 9.05. The molecule has 2 aromatic carbocycles. The van der Waals surface area contributed by atoms with Gasteiger partial charge in [0, 0.05) is 5.41 Å². The number of benzene rings is 2. The lowest BCUT2D eigenvalue weighted by Crippen LogP contribution is -2.05. The average Bonchev–Trinajstić information content (AvgIpc) is 2.96. The molecule has 6 heteroatoms. The number of hydrogen-bond acceptors (Lipinski definition) is 3. The zero-order valence-corrected chi connectivity index (χ0v) is 17.8. The van der Waals surface area contributed by atoms with Crippen LogP contribution in [0.15, 0.2) is 79.6 Å². The maximum absolute atomic E-state index is 13.7. The topological polar surface area (TPSA) is 63.6 Å². The molecule has 0 aromatic heterocycles. The molecule has 1 saturated carbocycles. The first-order valence-electron chi connectivity index (χ1n) is 9.72. The SMILES string of the molecule is Cc1ccc(S(=O)(=O)N=S(=O)(/C=C/C2CCCCCC2)c2ccccc2)cc1. The van der Waals surface area contributed by atoms with E-state index in [1.165, 1.54) is 30.4 Å². The fourth-order valence-corrected chi connectivity index (χ4v) is 7.05. The largest absolute Gasteiger partial charge is 0.290 e. The summed E-state index contributed by atoms with van der Waals surface area (Å²) in [5, 5.41) is 1.53. The second-order valence-corrected chi connectivity index (χ2v) is 11.2. The Balaban J connectivity index is 2.04. The Labute approximate surface area is 168 Å². The van der Waals surface area contributed by atoms with E-state index in [1.807, 2.05) is 19.1 Å². The first-order chi connectivity index (χ1) is 13.4. The molecule has 28 heavy (non-hydrogen) atoms. The van der Waals surface area contributed by atoms with Crippen LogP contribution in [0.4, 0.5) is 0 Å². The Morgan fingerprint density at radius 2 is 1.43 bits per heavy atom. The Bertz CT molecular complexity index is 1020. The zero-order valence-electron chi connectivity index (χ0n) is 16.2. The molecular weight excluding hydrogens is 390 g/mol. The molecule has 0 radical (unpaired) electrons. The standard InChI is InChI=1S/C22H27NO3S2/c1-19-13-15-22(16-14-19)28(25,26)23-27(24,21-11-7-4-8-12-21)18-17-20-9-5-2-3-6-10-20/h4,7-8,11-18,20H,2-3,5-6,9-10H2,1H3/b18-17+. The van der Waals surface area contributed by atoms with Gasteiger partial charge in [0.25, 0.3) is 10.0 Å². The lowest BCUT2D eigenvalue weighted by Gasteiger charge is -2.10. The zero-order chi connectivity index (χ0) is 20.0. The van der Waals surface area contributed by atoms with Crippen LogP contribution in [-0.2, 0) is 19.8 Å². The third kappa shape index (κ3) is 5.32. The normalized spacial score (nSPS) is 18.5. The van der Waals surface area contributed by atoms with E-state index >= 15 is 0 Å². The van der Waals surface area contributed by atoms with Crippen molar-refractivity contribution in [3.05, 3.63) is 71.6 Å². The molecule has 3 rings (SSSR count). The first-order valence-corrected chi connectivity index (χ1v) is 12.7. The van der Waals surface area contributed by atoms with E-state index in [-0.39, 0.29) is 4.90 Å². The van der Waals surface area contributed by atoms with E-state index in [1.54, 1.807) is 36.4 Å². The van der Waals surface area contributed by atoms with Crippen LogP contribution in [0.25, 0.3) is 0 Å². The quantitative estimate of drug-likeness (QED) is 0.587. The lowest BCUT2D eigenvalue weighted by molar-refractivity contribution is 0.559. The summed E-state index contributed by atoms with van der Waals surface area (Å²) in [6.45, 7) is 1.89. The summed E-state index contributed by atoms with van der Waals surface area (Å²) < 4.78 is 43.4. The van der Waals surface area contributed by atoms with Crippen LogP contribution < -0.4 is 0 Å². The Morgan fingerprint density at radius 1 is 0.821 bits per heavy atom. The van der Waals surface area contributed by atoms with E-state index in [4.69, 9.17) is 0 Å². The molecule has 150 valence electrons. The van der Waals surface area contributed by atoms with E-state index < -0.39 is 19.8 Å². The van der Waals surface area contributed by atoms with Crippen LogP contribution in [0.5, 0.6) is 0 Å². The first kappa shape index (κ1) is 20.8. The Kier molecular flexibility index (Phi) is 6.73. The molecule has 0 N–H and O–H groups in total. The number of rotatable bonds is 5. The maximum Gasteiger partial charge on any atom is 0.290 e. The smallest absolute Gasteiger partial charge is 0.239 e. The number of hydrogen-bond donors (Lipinski definition) is 0. The van der Waals surface area contributed by atoms with Crippen molar-refractivity contribution in [1.82, 2.24) is 0 Å². The van der Waals surface area contributed by atoms with Crippen LogP contribution in [0.1, 0.15) is 44.1 Å². The molecule has 1 aliphatic carbocycles. The molecule has 2 aromatic rings. The van der Waals surface area contributed by atoms with Gasteiger partial charge in [0.05, 0.1) is 9.79 Å². The minimum absolute atomic E-state index is 0.0598. The van der Waals surface area contributed by atoms with Crippen molar-refractivity contribution in [2.24, 2.45) is 9.69 Å². The van der Waals surface area contributed by atoms with Crippen LogP contribution >= 0.6 is 0 Å². The maximum atomic E-state index is 13.7. The van der Waals surface area contributed by atoms with E-state index in [2.05, 4.69) is 3.77 Å². The van der Waals surface area contributed by atoms with Crippen molar-refractivity contribution in [2.45, 2.75) is 55.2 Å². The number of sulfonamides is 1. The third-order valence-corrected chi connectivity index (χ3v) is 9.06. The Morgan fingerprint density at radius 3 is 2.04 bits per heavy atom. The highest BCUT2D eigenvalue weighted by molar-refractivity contribution is 8.05. The van der Waals surface area contributed by atoms with Crippen molar-refractivity contribution >= 4 is 19.8 Å². The van der Waals surface area contributed by atoms with Crippen molar-refractivity contribution < 1.29 is 12.6 Å². The van der Waals surface area contributed by atoms with Crippen molar-refractivity contribution in [1.29, 1.82) is 0 Å². The van der Waals surface area contributed by atoms with Gasteiger partial charge in [0.2, 0.25) is 0 Å². The summed E-state index contributed by atoms with van der Waals surface area (Å²) >= 11 is 0. The number of aryl methyl sites for hydroxylation is 1. The highest BCUT2D eigenvalue weighted by Crippen LogP contribution is 2.26. The fourth-order valence-electron chi connectivity index (χ4n) is 3.38. The van der Waals surface area contributed by atoms with Crippen LogP contribution in [0.3, 0.4) is 0 Å². The summed E-state index contributed by atoms with van der Waals surface area (Å²) in [6.07, 6.45) is 8.78. The van der Waals surface area contributed by atoms with Gasteiger partial charge in [-0.3, -0.25) is 0 Å². The molecule has 0 saturated heterocycles. The molecule has 1 fully saturated rings.